The van der Waals surface area contributed by atoms with Gasteiger partial charge in [0.25, 0.3) is 11.1 Å². The van der Waals surface area contributed by atoms with Crippen LogP contribution in [-0.2, 0) is 41.5 Å². The van der Waals surface area contributed by atoms with Crippen molar-refractivity contribution < 1.29 is 52.0 Å². The Morgan fingerprint density at radius 2 is 0.979 bits per heavy atom. The summed E-state index contributed by atoms with van der Waals surface area (Å²) < 4.78 is 54.8. The Bertz CT molecular complexity index is 3790. The van der Waals surface area contributed by atoms with Crippen LogP contribution in [-0.4, -0.2) is 115 Å². The number of esters is 2. The molecule has 0 bridgehead atoms. The fourth-order valence-corrected chi connectivity index (χ4v) is 12.5. The minimum absolute atomic E-state index is 0.0657. The molecule has 2 unspecified atom stereocenters. The van der Waals surface area contributed by atoms with Crippen molar-refractivity contribution in [3.8, 4) is 33.8 Å². The molecular formula is C76H102F2N6O11. The van der Waals surface area contributed by atoms with Crippen molar-refractivity contribution in [2.45, 2.75) is 172 Å². The van der Waals surface area contributed by atoms with Crippen molar-refractivity contribution in [1.29, 1.82) is 0 Å². The summed E-state index contributed by atoms with van der Waals surface area (Å²) in [4.78, 5) is 80.7. The second-order valence-corrected chi connectivity index (χ2v) is 26.2. The van der Waals surface area contributed by atoms with Crippen LogP contribution in [0, 0.1) is 78.9 Å². The number of nitrogens with two attached hydrogens (primary N) is 1. The van der Waals surface area contributed by atoms with E-state index in [1.165, 1.54) is 22.0 Å². The van der Waals surface area contributed by atoms with Gasteiger partial charge in [-0.1, -0.05) is 39.8 Å². The number of aryl methyl sites for hydroxylation is 6. The molecule has 4 aromatic carbocycles. The largest absolute Gasteiger partial charge is 0.496 e. The van der Waals surface area contributed by atoms with E-state index in [0.717, 1.165) is 125 Å². The third-order valence-electron chi connectivity index (χ3n) is 18.0. The average Bonchev–Trinajstić information content (AvgIpc) is 0.794. The van der Waals surface area contributed by atoms with Crippen LogP contribution in [0.15, 0.2) is 82.6 Å². The smallest absolute Gasteiger partial charge is 0.326 e. The monoisotopic (exact) mass is 1310 g/mol. The standard InChI is InChI=1S/C38H50FN3O5.C21H26FNO3.C17H26N2O3/c1-9-47-35(44)21-31(30-20-29(18-26(6)37(30)39)36-24(4)11-12-33(46-8)27(36)7)40-38(45)32(17-23(2)3)42-22-28(25(5)19-34(42)43)13-16-41-14-10-15-41;1-6-26-19(24)11-17(23)16-10-15(9-13(3)21(16)22)20-12(2)7-8-18(25-5)14(20)4;1-12(2)9-15(17(21)22)19-11-14(13(3)10-16(19)20)5-8-18-6-4-7-18/h11-12,18-20,22-23,31-32H,9-10,13-17,21H2,1-8H3,(H,40,45);7-10,17H,6,11,23H2,1-5H3;10-12,15H,4-9H2,1-3H3,(H,21,22)/t31-,32?;17-;/m00./s1. The second-order valence-electron chi connectivity index (χ2n) is 26.2. The first-order valence-corrected chi connectivity index (χ1v) is 33.4. The third kappa shape index (κ3) is 20.0. The SMILES string of the molecule is CCOC(=O)C[C@H](N)c1cc(-c2c(C)ccc(OC)c2C)cc(C)c1F.CCOC(=O)C[C@H](NC(=O)C(CC(C)C)n1cc(CCN2CCC2)c(C)cc1=O)c1cc(-c2c(C)ccc(OC)c2C)cc(C)c1F.Cc1cc(=O)n(C(CC(C)C)C(=O)O)cc1CCN1CCC1. The predicted octanol–water partition coefficient (Wildman–Crippen LogP) is 13.0. The lowest BCUT2D eigenvalue weighted by molar-refractivity contribution is -0.144. The number of hydrogen-bond donors (Lipinski definition) is 3. The zero-order valence-corrected chi connectivity index (χ0v) is 58.9. The van der Waals surface area contributed by atoms with Crippen molar-refractivity contribution in [1.82, 2.24) is 24.3 Å². The van der Waals surface area contributed by atoms with Crippen molar-refractivity contribution >= 4 is 23.8 Å². The van der Waals surface area contributed by atoms with Gasteiger partial charge in [0.05, 0.1) is 46.3 Å². The summed E-state index contributed by atoms with van der Waals surface area (Å²) in [6.45, 7) is 33.2. The maximum absolute atomic E-state index is 16.1. The topological polar surface area (TPSA) is 214 Å². The van der Waals surface area contributed by atoms with Crippen LogP contribution in [0.3, 0.4) is 0 Å². The molecule has 2 aromatic heterocycles. The first-order chi connectivity index (χ1) is 45.0. The Morgan fingerprint density at radius 3 is 1.38 bits per heavy atom. The molecule has 0 saturated carbocycles. The number of carbonyl (C=O) groups is 4. The minimum Gasteiger partial charge on any atom is -0.496 e. The Hall–Kier alpha value is -8.00. The zero-order valence-electron chi connectivity index (χ0n) is 58.9. The van der Waals surface area contributed by atoms with E-state index in [-0.39, 0.29) is 60.4 Å². The lowest BCUT2D eigenvalue weighted by atomic mass is 9.90. The van der Waals surface area contributed by atoms with Gasteiger partial charge in [-0.05, 0) is 260 Å². The summed E-state index contributed by atoms with van der Waals surface area (Å²) in [6.07, 6.45) is 8.17. The molecule has 2 saturated heterocycles. The molecule has 17 nitrogen and oxygen atoms in total. The van der Waals surface area contributed by atoms with Crippen LogP contribution in [0.2, 0.25) is 0 Å². The number of nitrogens with one attached hydrogen (secondary N) is 1. The van der Waals surface area contributed by atoms with Gasteiger partial charge in [0.1, 0.15) is 35.2 Å². The van der Waals surface area contributed by atoms with Gasteiger partial charge in [-0.25, -0.2) is 13.6 Å². The van der Waals surface area contributed by atoms with E-state index in [9.17, 15) is 38.3 Å². The third-order valence-corrected chi connectivity index (χ3v) is 18.0. The highest BCUT2D eigenvalue weighted by molar-refractivity contribution is 5.83. The molecule has 0 radical (unpaired) electrons. The first-order valence-electron chi connectivity index (χ1n) is 33.4. The minimum atomic E-state index is -1.03. The van der Waals surface area contributed by atoms with Gasteiger partial charge in [-0.2, -0.15) is 0 Å². The first kappa shape index (κ1) is 76.0. The number of aromatic nitrogens is 2. The number of benzene rings is 4. The van der Waals surface area contributed by atoms with Gasteiger partial charge in [0.2, 0.25) is 5.91 Å². The number of aliphatic carboxylic acids is 1. The van der Waals surface area contributed by atoms with Gasteiger partial charge in [-0.3, -0.25) is 24.0 Å². The zero-order chi connectivity index (χ0) is 70.1. The number of hydrogen-bond acceptors (Lipinski definition) is 13. The molecule has 2 aliphatic heterocycles. The number of rotatable bonds is 27. The molecule has 0 spiro atoms. The number of nitrogens with zero attached hydrogens (tertiary/aromatic N) is 4. The summed E-state index contributed by atoms with van der Waals surface area (Å²) in [5.74, 6) is -1.51. The lowest BCUT2D eigenvalue weighted by Gasteiger charge is -2.31. The molecule has 1 amide bonds. The Kier molecular flexibility index (Phi) is 28.1. The molecule has 2 aliphatic rings. The van der Waals surface area contributed by atoms with Crippen molar-refractivity contribution in [2.75, 3.05) is 66.7 Å². The van der Waals surface area contributed by atoms with E-state index in [1.807, 2.05) is 99.7 Å². The molecular weight excluding hydrogens is 1210 g/mol. The van der Waals surface area contributed by atoms with Crippen LogP contribution in [0.5, 0.6) is 11.5 Å². The van der Waals surface area contributed by atoms with Gasteiger partial charge in [0.15, 0.2) is 0 Å². The predicted molar refractivity (Wildman–Crippen MR) is 371 cm³/mol. The molecule has 4 N–H and O–H groups in total. The number of carboxylic acids is 1. The maximum atomic E-state index is 16.1. The number of likely N-dealkylation sites (tertiary alicyclic amines) is 2. The molecule has 19 heteroatoms. The van der Waals surface area contributed by atoms with Gasteiger partial charge >= 0.3 is 17.9 Å². The Morgan fingerprint density at radius 1 is 0.568 bits per heavy atom. The van der Waals surface area contributed by atoms with Crippen molar-refractivity contribution in [2.24, 2.45) is 17.6 Å². The fraction of sp³-hybridized carbons (Fsp3) is 0.500. The normalized spacial score (nSPS) is 14.2. The Balaban J connectivity index is 0.000000250. The summed E-state index contributed by atoms with van der Waals surface area (Å²) in [5.41, 5.74) is 18.3. The van der Waals surface area contributed by atoms with Crippen LogP contribution < -0.4 is 31.6 Å². The highest BCUT2D eigenvalue weighted by Crippen LogP contribution is 2.39. The lowest BCUT2D eigenvalue weighted by Crippen LogP contribution is -2.41. The van der Waals surface area contributed by atoms with Gasteiger partial charge < -0.3 is 54.0 Å². The van der Waals surface area contributed by atoms with E-state index < -0.39 is 53.8 Å². The number of carbonyl (C=O) groups excluding carboxylic acids is 3. The summed E-state index contributed by atoms with van der Waals surface area (Å²) >= 11 is 0. The summed E-state index contributed by atoms with van der Waals surface area (Å²) in [7, 11) is 3.23. The van der Waals surface area contributed by atoms with E-state index in [0.29, 0.717) is 35.3 Å². The number of amides is 1. The number of carboxylic acid groups (broad SMARTS) is 1. The van der Waals surface area contributed by atoms with Crippen molar-refractivity contribution in [3.05, 3.63) is 172 Å². The van der Waals surface area contributed by atoms with E-state index in [2.05, 4.69) is 15.1 Å². The van der Waals surface area contributed by atoms with Crippen LogP contribution in [0.4, 0.5) is 8.78 Å². The second kappa shape index (κ2) is 35.1. The fourth-order valence-electron chi connectivity index (χ4n) is 12.5. The average molecular weight is 1310 g/mol. The number of halogens is 2. The van der Waals surface area contributed by atoms with E-state index >= 15 is 4.39 Å². The quantitative estimate of drug-likeness (QED) is 0.0409. The molecule has 0 aliphatic carbocycles. The number of pyridine rings is 2. The highest BCUT2D eigenvalue weighted by Gasteiger charge is 2.31. The molecule has 4 heterocycles. The van der Waals surface area contributed by atoms with Gasteiger partial charge in [-0.15, -0.1) is 0 Å². The van der Waals surface area contributed by atoms with Crippen molar-refractivity contribution in [3.63, 3.8) is 0 Å². The van der Waals surface area contributed by atoms with Crippen LogP contribution >= 0.6 is 0 Å². The molecule has 6 aromatic rings. The number of ether oxygens (including phenoxy) is 4. The molecule has 95 heavy (non-hydrogen) atoms. The Labute approximate surface area is 560 Å². The number of methoxy groups -OCH3 is 2. The van der Waals surface area contributed by atoms with Crippen LogP contribution in [0.1, 0.15) is 171 Å². The van der Waals surface area contributed by atoms with E-state index in [1.54, 1.807) is 84.5 Å². The van der Waals surface area contributed by atoms with Gasteiger partial charge in [0, 0.05) is 54.8 Å². The molecule has 2 fully saturated rings. The highest BCUT2D eigenvalue weighted by atomic mass is 19.1. The summed E-state index contributed by atoms with van der Waals surface area (Å²) in [5, 5.41) is 12.4. The molecule has 4 atom stereocenters. The summed E-state index contributed by atoms with van der Waals surface area (Å²) in [6, 6.07) is 14.4. The van der Waals surface area contributed by atoms with Crippen LogP contribution in [0.25, 0.3) is 22.3 Å². The van der Waals surface area contributed by atoms with E-state index in [4.69, 9.17) is 24.7 Å². The molecule has 516 valence electrons. The maximum Gasteiger partial charge on any atom is 0.326 e. The molecule has 8 rings (SSSR count).